The fourth-order valence-electron chi connectivity index (χ4n) is 4.72. The zero-order valence-electron chi connectivity index (χ0n) is 22.8. The number of nitrogens with one attached hydrogen (secondary N) is 2. The number of anilines is 2. The average molecular weight is 547 g/mol. The maximum absolute atomic E-state index is 14.0. The van der Waals surface area contributed by atoms with Crippen molar-refractivity contribution in [3.8, 4) is 5.75 Å². The molecule has 41 heavy (non-hydrogen) atoms. The summed E-state index contributed by atoms with van der Waals surface area (Å²) in [5, 5.41) is 5.47. The van der Waals surface area contributed by atoms with E-state index in [9.17, 15) is 14.4 Å². The van der Waals surface area contributed by atoms with Crippen LogP contribution >= 0.6 is 0 Å². The first kappa shape index (κ1) is 27.3. The highest BCUT2D eigenvalue weighted by molar-refractivity contribution is 6.21. The maximum atomic E-state index is 14.0. The third kappa shape index (κ3) is 6.17. The van der Waals surface area contributed by atoms with Gasteiger partial charge in [-0.15, -0.1) is 0 Å². The lowest BCUT2D eigenvalue weighted by molar-refractivity contribution is -0.120. The summed E-state index contributed by atoms with van der Waals surface area (Å²) in [6.07, 6.45) is -1.29. The third-order valence-corrected chi connectivity index (χ3v) is 6.69. The summed E-state index contributed by atoms with van der Waals surface area (Å²) < 4.78 is 5.46. The summed E-state index contributed by atoms with van der Waals surface area (Å²) in [5.74, 6) is -0.0552. The molecule has 5 rings (SSSR count). The van der Waals surface area contributed by atoms with Crippen molar-refractivity contribution < 1.29 is 19.1 Å². The van der Waals surface area contributed by atoms with Gasteiger partial charge in [-0.1, -0.05) is 72.8 Å². The first-order valence-corrected chi connectivity index (χ1v) is 13.4. The van der Waals surface area contributed by atoms with Crippen molar-refractivity contribution in [3.63, 3.8) is 0 Å². The fourth-order valence-corrected chi connectivity index (χ4v) is 4.72. The van der Waals surface area contributed by atoms with Crippen molar-refractivity contribution in [1.82, 2.24) is 5.32 Å². The third-order valence-electron chi connectivity index (χ3n) is 6.69. The van der Waals surface area contributed by atoms with E-state index < -0.39 is 18.1 Å². The quantitative estimate of drug-likeness (QED) is 0.281. The smallest absolute Gasteiger partial charge is 0.321 e. The number of ether oxygens (including phenoxy) is 1. The number of aryl methyl sites for hydroxylation is 1. The molecule has 0 unspecified atom stereocenters. The number of ketones is 1. The maximum Gasteiger partial charge on any atom is 0.321 e. The molecular formula is C33H30N4O4. The number of aliphatic imine (C=N–C) groups is 1. The Morgan fingerprint density at radius 3 is 2.29 bits per heavy atom. The number of fused-ring (bicyclic) bond motifs is 1. The van der Waals surface area contributed by atoms with Gasteiger partial charge in [0.25, 0.3) is 5.91 Å². The Kier molecular flexibility index (Phi) is 8.20. The minimum absolute atomic E-state index is 0.211. The van der Waals surface area contributed by atoms with Crippen molar-refractivity contribution in [1.29, 1.82) is 0 Å². The number of carbonyl (C=O) groups is 3. The van der Waals surface area contributed by atoms with Crippen molar-refractivity contribution >= 4 is 34.8 Å². The van der Waals surface area contributed by atoms with Crippen molar-refractivity contribution in [2.45, 2.75) is 20.0 Å². The lowest BCUT2D eigenvalue weighted by Crippen LogP contribution is -2.50. The number of nitrogens with zero attached hydrogens (tertiary/aromatic N) is 2. The molecule has 8 nitrogen and oxygen atoms in total. The van der Waals surface area contributed by atoms with Crippen LogP contribution in [-0.2, 0) is 4.79 Å². The molecule has 0 bridgehead atoms. The predicted molar refractivity (Wildman–Crippen MR) is 160 cm³/mol. The van der Waals surface area contributed by atoms with Crippen molar-refractivity contribution in [2.75, 3.05) is 23.4 Å². The van der Waals surface area contributed by atoms with E-state index in [4.69, 9.17) is 9.73 Å². The largest absolute Gasteiger partial charge is 0.494 e. The molecule has 3 amide bonds. The zero-order chi connectivity index (χ0) is 28.8. The molecule has 0 saturated carbocycles. The number of hydrogen-bond acceptors (Lipinski definition) is 5. The standard InChI is InChI=1S/C33H30N4O4/c1-3-41-25-19-17-24(18-20-25)34-33(40)36-31-32(39)37(21-29(38)26-14-8-7-11-22(26)2)28-16-10-9-15-27(28)30(35-31)23-12-5-4-6-13-23/h4-20,31H,3,21H2,1-2H3,(H2,34,36,40)/t31-/m0/s1. The van der Waals surface area contributed by atoms with E-state index in [1.165, 1.54) is 4.90 Å². The molecule has 206 valence electrons. The van der Waals surface area contributed by atoms with E-state index in [0.29, 0.717) is 40.6 Å². The number of rotatable bonds is 8. The summed E-state index contributed by atoms with van der Waals surface area (Å²) in [4.78, 5) is 46.8. The summed E-state index contributed by atoms with van der Waals surface area (Å²) >= 11 is 0. The van der Waals surface area contributed by atoms with Gasteiger partial charge in [0.05, 0.1) is 24.6 Å². The first-order valence-electron chi connectivity index (χ1n) is 13.4. The van der Waals surface area contributed by atoms with E-state index >= 15 is 0 Å². The predicted octanol–water partition coefficient (Wildman–Crippen LogP) is 5.61. The zero-order valence-corrected chi connectivity index (χ0v) is 22.8. The van der Waals surface area contributed by atoms with Crippen molar-refractivity contribution in [2.24, 2.45) is 4.99 Å². The van der Waals surface area contributed by atoms with Crippen LogP contribution in [0.2, 0.25) is 0 Å². The van der Waals surface area contributed by atoms with Gasteiger partial charge in [0.2, 0.25) is 6.17 Å². The van der Waals surface area contributed by atoms with E-state index in [1.54, 1.807) is 42.5 Å². The molecule has 0 radical (unpaired) electrons. The minimum atomic E-state index is -1.29. The van der Waals surface area contributed by atoms with Gasteiger partial charge < -0.3 is 20.3 Å². The topological polar surface area (TPSA) is 100 Å². The summed E-state index contributed by atoms with van der Waals surface area (Å²) in [6.45, 7) is 4.07. The van der Waals surface area contributed by atoms with Crippen LogP contribution in [0.4, 0.5) is 16.2 Å². The highest BCUT2D eigenvalue weighted by atomic mass is 16.5. The Bertz CT molecular complexity index is 1600. The highest BCUT2D eigenvalue weighted by Crippen LogP contribution is 2.29. The molecule has 0 aromatic heterocycles. The monoisotopic (exact) mass is 546 g/mol. The van der Waals surface area contributed by atoms with Crippen LogP contribution in [-0.4, -0.2) is 42.8 Å². The molecule has 0 aliphatic carbocycles. The van der Waals surface area contributed by atoms with Crippen LogP contribution < -0.4 is 20.3 Å². The Labute approximate surface area is 238 Å². The summed E-state index contributed by atoms with van der Waals surface area (Å²) in [7, 11) is 0. The molecule has 2 N–H and O–H groups in total. The van der Waals surface area contributed by atoms with Gasteiger partial charge in [-0.3, -0.25) is 9.59 Å². The fraction of sp³-hybridized carbons (Fsp3) is 0.152. The van der Waals surface area contributed by atoms with Crippen LogP contribution in [0.25, 0.3) is 0 Å². The molecular weight excluding hydrogens is 516 g/mol. The van der Waals surface area contributed by atoms with Crippen LogP contribution in [0, 0.1) is 6.92 Å². The number of amides is 3. The molecule has 1 atom stereocenters. The first-order chi connectivity index (χ1) is 19.9. The SMILES string of the molecule is CCOc1ccc(NC(=O)N[C@@H]2N=C(c3ccccc3)c3ccccc3N(CC(=O)c3ccccc3C)C2=O)cc1. The number of hydrogen-bond donors (Lipinski definition) is 2. The number of benzodiazepines with no additional fused rings is 1. The van der Waals surface area contributed by atoms with Gasteiger partial charge in [0.1, 0.15) is 5.75 Å². The van der Waals surface area contributed by atoms with Gasteiger partial charge in [0.15, 0.2) is 5.78 Å². The van der Waals surface area contributed by atoms with E-state index in [1.807, 2.05) is 74.5 Å². The van der Waals surface area contributed by atoms with E-state index in [2.05, 4.69) is 10.6 Å². The lowest BCUT2D eigenvalue weighted by atomic mass is 9.99. The summed E-state index contributed by atoms with van der Waals surface area (Å²) in [6, 6.07) is 30.3. The van der Waals surface area contributed by atoms with E-state index in [-0.39, 0.29) is 12.3 Å². The van der Waals surface area contributed by atoms with Crippen LogP contribution in [0.15, 0.2) is 108 Å². The Morgan fingerprint density at radius 2 is 1.56 bits per heavy atom. The van der Waals surface area contributed by atoms with Crippen LogP contribution in [0.1, 0.15) is 34.0 Å². The Balaban J connectivity index is 1.50. The van der Waals surface area contributed by atoms with Gasteiger partial charge in [-0.2, -0.15) is 0 Å². The van der Waals surface area contributed by atoms with E-state index in [0.717, 1.165) is 11.1 Å². The number of para-hydroxylation sites is 1. The number of Topliss-reactive ketones (excluding diaryl/α,β-unsaturated/α-hetero) is 1. The van der Waals surface area contributed by atoms with Gasteiger partial charge in [0, 0.05) is 22.4 Å². The van der Waals surface area contributed by atoms with Gasteiger partial charge >= 0.3 is 6.03 Å². The highest BCUT2D eigenvalue weighted by Gasteiger charge is 2.34. The second kappa shape index (κ2) is 12.3. The molecule has 4 aromatic rings. The Morgan fingerprint density at radius 1 is 0.878 bits per heavy atom. The normalized spacial score (nSPS) is 14.4. The van der Waals surface area contributed by atoms with Gasteiger partial charge in [-0.25, -0.2) is 9.79 Å². The number of carbonyl (C=O) groups excluding carboxylic acids is 3. The molecule has 1 aliphatic heterocycles. The summed E-state index contributed by atoms with van der Waals surface area (Å²) in [5.41, 5.74) is 4.40. The minimum Gasteiger partial charge on any atom is -0.494 e. The second-order valence-electron chi connectivity index (χ2n) is 9.48. The number of urea groups is 1. The molecule has 8 heteroatoms. The molecule has 0 saturated heterocycles. The molecule has 0 spiro atoms. The van der Waals surface area contributed by atoms with Crippen molar-refractivity contribution in [3.05, 3.63) is 125 Å². The molecule has 1 heterocycles. The Hall–Kier alpha value is -5.24. The van der Waals surface area contributed by atoms with Crippen LogP contribution in [0.3, 0.4) is 0 Å². The average Bonchev–Trinajstić information content (AvgIpc) is 3.09. The number of benzene rings is 4. The molecule has 4 aromatic carbocycles. The second-order valence-corrected chi connectivity index (χ2v) is 9.48. The molecule has 0 fully saturated rings. The molecule has 1 aliphatic rings. The lowest BCUT2D eigenvalue weighted by Gasteiger charge is -2.25. The van der Waals surface area contributed by atoms with Crippen LogP contribution in [0.5, 0.6) is 5.75 Å². The van der Waals surface area contributed by atoms with Gasteiger partial charge in [-0.05, 0) is 49.7 Å².